The van der Waals surface area contributed by atoms with Crippen LogP contribution in [0.4, 0.5) is 13.2 Å². The van der Waals surface area contributed by atoms with Crippen molar-refractivity contribution in [2.24, 2.45) is 7.05 Å². The summed E-state index contributed by atoms with van der Waals surface area (Å²) in [6.45, 7) is 0. The number of ether oxygens (including phenoxy) is 1. The fourth-order valence-electron chi connectivity index (χ4n) is 5.76. The molecule has 2 atom stereocenters. The van der Waals surface area contributed by atoms with E-state index in [2.05, 4.69) is 10.3 Å². The number of aromatic nitrogens is 5. The van der Waals surface area contributed by atoms with Gasteiger partial charge in [-0.3, -0.25) is 9.48 Å². The molecular weight excluding hydrogens is 485 g/mol. The average Bonchev–Trinajstić information content (AvgIpc) is 3.53. The molecule has 0 radical (unpaired) electrons. The van der Waals surface area contributed by atoms with Crippen molar-refractivity contribution >= 4 is 5.91 Å². The molecule has 0 unspecified atom stereocenters. The Hall–Kier alpha value is -4.15. The van der Waals surface area contributed by atoms with Gasteiger partial charge in [-0.25, -0.2) is 17.9 Å². The van der Waals surface area contributed by atoms with Gasteiger partial charge in [0.2, 0.25) is 0 Å². The van der Waals surface area contributed by atoms with E-state index in [0.717, 1.165) is 30.5 Å². The van der Waals surface area contributed by atoms with Crippen LogP contribution in [0.3, 0.4) is 0 Å². The third-order valence-electron chi connectivity index (χ3n) is 7.27. The SMILES string of the molecule is COc1cccc(C(=O)N2[C@@H]3CCC[C@@H]2c2nn(C)c(-c4cc(F)c(F)c(F)c4)c2C3)c1-n1ccnn1. The van der Waals surface area contributed by atoms with Crippen LogP contribution in [0.5, 0.6) is 5.75 Å². The first kappa shape index (κ1) is 23.3. The summed E-state index contributed by atoms with van der Waals surface area (Å²) in [6, 6.07) is 6.77. The topological polar surface area (TPSA) is 78.1 Å². The van der Waals surface area contributed by atoms with Gasteiger partial charge in [-0.15, -0.1) is 5.10 Å². The summed E-state index contributed by atoms with van der Waals surface area (Å²) in [5.41, 5.74) is 3.18. The summed E-state index contributed by atoms with van der Waals surface area (Å²) < 4.78 is 50.4. The van der Waals surface area contributed by atoms with Gasteiger partial charge in [0, 0.05) is 24.2 Å². The molecule has 190 valence electrons. The van der Waals surface area contributed by atoms with E-state index in [-0.39, 0.29) is 23.6 Å². The maximum Gasteiger partial charge on any atom is 0.257 e. The minimum Gasteiger partial charge on any atom is -0.494 e. The van der Waals surface area contributed by atoms with Gasteiger partial charge in [-0.1, -0.05) is 11.3 Å². The van der Waals surface area contributed by atoms with E-state index in [1.807, 2.05) is 4.90 Å². The Morgan fingerprint density at radius 1 is 1.14 bits per heavy atom. The molecule has 4 heterocycles. The molecule has 37 heavy (non-hydrogen) atoms. The first-order valence-electron chi connectivity index (χ1n) is 12.0. The van der Waals surface area contributed by atoms with Gasteiger partial charge in [-0.05, 0) is 49.9 Å². The number of piperidine rings is 1. The molecule has 2 aliphatic heterocycles. The molecule has 0 saturated carbocycles. The van der Waals surface area contributed by atoms with Gasteiger partial charge in [0.05, 0.1) is 42.5 Å². The van der Waals surface area contributed by atoms with E-state index in [4.69, 9.17) is 9.84 Å². The van der Waals surface area contributed by atoms with Crippen LogP contribution in [0.25, 0.3) is 16.9 Å². The highest BCUT2D eigenvalue weighted by Gasteiger charge is 2.44. The molecule has 2 aromatic carbocycles. The summed E-state index contributed by atoms with van der Waals surface area (Å²) in [4.78, 5) is 16.0. The van der Waals surface area contributed by atoms with E-state index in [1.165, 1.54) is 18.0 Å². The average molecular weight is 509 g/mol. The Morgan fingerprint density at radius 3 is 2.62 bits per heavy atom. The minimum atomic E-state index is -1.50. The Balaban J connectivity index is 1.45. The highest BCUT2D eigenvalue weighted by Crippen LogP contribution is 2.45. The number of hydrogen-bond donors (Lipinski definition) is 0. The molecule has 6 rings (SSSR count). The van der Waals surface area contributed by atoms with E-state index in [9.17, 15) is 18.0 Å². The maximum absolute atomic E-state index is 14.1. The molecule has 2 bridgehead atoms. The standard InChI is InChI=1S/C26H23F3N6O2/c1-33-24(14-11-18(27)22(29)19(28)12-14)17-13-15-5-3-7-20(23(17)31-33)35(15)26(36)16-6-4-8-21(37-2)25(16)34-10-9-30-32-34/h4,6,8-12,15,20H,3,5,7,13H2,1-2H3/t15-,20-/m1/s1. The van der Waals surface area contributed by atoms with Crippen LogP contribution in [-0.4, -0.2) is 48.7 Å². The number of nitrogens with zero attached hydrogens (tertiary/aromatic N) is 6. The largest absolute Gasteiger partial charge is 0.494 e. The van der Waals surface area contributed by atoms with E-state index in [1.54, 1.807) is 36.1 Å². The van der Waals surface area contributed by atoms with E-state index < -0.39 is 17.5 Å². The third-order valence-corrected chi connectivity index (χ3v) is 7.27. The molecular formula is C26H23F3N6O2. The fourth-order valence-corrected chi connectivity index (χ4v) is 5.76. The fraction of sp³-hybridized carbons (Fsp3) is 0.308. The third kappa shape index (κ3) is 3.59. The van der Waals surface area contributed by atoms with Gasteiger partial charge in [0.25, 0.3) is 5.91 Å². The number of benzene rings is 2. The first-order chi connectivity index (χ1) is 17.9. The lowest BCUT2D eigenvalue weighted by molar-refractivity contribution is 0.0391. The number of carbonyl (C=O) groups excluding carboxylic acids is 1. The van der Waals surface area contributed by atoms with Gasteiger partial charge in [-0.2, -0.15) is 5.10 Å². The van der Waals surface area contributed by atoms with E-state index >= 15 is 0 Å². The monoisotopic (exact) mass is 508 g/mol. The molecule has 0 aliphatic carbocycles. The van der Waals surface area contributed by atoms with Crippen LogP contribution in [0.1, 0.15) is 46.9 Å². The highest BCUT2D eigenvalue weighted by molar-refractivity contribution is 5.99. The first-order valence-corrected chi connectivity index (χ1v) is 12.0. The number of fused-ring (bicyclic) bond motifs is 4. The predicted octanol–water partition coefficient (Wildman–Crippen LogP) is 4.39. The molecule has 1 saturated heterocycles. The molecule has 0 N–H and O–H groups in total. The van der Waals surface area contributed by atoms with Crippen LogP contribution in [0.2, 0.25) is 0 Å². The molecule has 11 heteroatoms. The van der Waals surface area contributed by atoms with Crippen molar-refractivity contribution in [3.05, 3.63) is 77.0 Å². The Kier molecular flexibility index (Phi) is 5.50. The molecule has 8 nitrogen and oxygen atoms in total. The molecule has 2 aliphatic rings. The minimum absolute atomic E-state index is 0.147. The van der Waals surface area contributed by atoms with Gasteiger partial charge in [0.15, 0.2) is 17.5 Å². The number of aryl methyl sites for hydroxylation is 1. The number of carbonyl (C=O) groups is 1. The van der Waals surface area contributed by atoms with Crippen LogP contribution >= 0.6 is 0 Å². The van der Waals surface area contributed by atoms with Crippen molar-refractivity contribution in [1.82, 2.24) is 29.7 Å². The molecule has 1 amide bonds. The van der Waals surface area contributed by atoms with Crippen molar-refractivity contribution < 1.29 is 22.7 Å². The van der Waals surface area contributed by atoms with Crippen LogP contribution in [0.15, 0.2) is 42.7 Å². The lowest BCUT2D eigenvalue weighted by Gasteiger charge is -2.45. The van der Waals surface area contributed by atoms with Gasteiger partial charge >= 0.3 is 0 Å². The second kappa shape index (κ2) is 8.75. The summed E-state index contributed by atoms with van der Waals surface area (Å²) in [5, 5.41) is 12.6. The quantitative estimate of drug-likeness (QED) is 0.382. The zero-order valence-corrected chi connectivity index (χ0v) is 20.2. The molecule has 0 spiro atoms. The number of rotatable bonds is 4. The number of para-hydroxylation sites is 1. The van der Waals surface area contributed by atoms with E-state index in [0.29, 0.717) is 41.2 Å². The second-order valence-electron chi connectivity index (χ2n) is 9.31. The second-order valence-corrected chi connectivity index (χ2v) is 9.31. The van der Waals surface area contributed by atoms with Crippen molar-refractivity contribution in [2.45, 2.75) is 37.8 Å². The summed E-state index contributed by atoms with van der Waals surface area (Å²) in [6.07, 6.45) is 6.02. The van der Waals surface area contributed by atoms with Crippen LogP contribution in [0, 0.1) is 17.5 Å². The summed E-state index contributed by atoms with van der Waals surface area (Å²) in [5.74, 6) is -3.71. The number of hydrogen-bond acceptors (Lipinski definition) is 5. The van der Waals surface area contributed by atoms with Crippen LogP contribution in [-0.2, 0) is 13.5 Å². The highest BCUT2D eigenvalue weighted by atomic mass is 19.2. The van der Waals surface area contributed by atoms with Crippen molar-refractivity contribution in [3.8, 4) is 22.7 Å². The Labute approximate surface area is 210 Å². The number of methoxy groups -OCH3 is 1. The van der Waals surface area contributed by atoms with Crippen molar-refractivity contribution in [1.29, 1.82) is 0 Å². The summed E-state index contributed by atoms with van der Waals surface area (Å²) in [7, 11) is 3.22. The molecule has 4 aromatic rings. The smallest absolute Gasteiger partial charge is 0.257 e. The van der Waals surface area contributed by atoms with Crippen molar-refractivity contribution in [3.63, 3.8) is 0 Å². The predicted molar refractivity (Wildman–Crippen MR) is 127 cm³/mol. The normalized spacial score (nSPS) is 18.6. The zero-order chi connectivity index (χ0) is 25.8. The number of halogens is 3. The Morgan fingerprint density at radius 2 is 1.92 bits per heavy atom. The lowest BCUT2D eigenvalue weighted by atomic mass is 9.81. The lowest BCUT2D eigenvalue weighted by Crippen LogP contribution is -2.50. The molecule has 1 fully saturated rings. The zero-order valence-electron chi connectivity index (χ0n) is 20.2. The number of amides is 1. The van der Waals surface area contributed by atoms with Gasteiger partial charge < -0.3 is 9.64 Å². The maximum atomic E-state index is 14.1. The Bertz CT molecular complexity index is 1490. The van der Waals surface area contributed by atoms with Gasteiger partial charge in [0.1, 0.15) is 11.4 Å². The van der Waals surface area contributed by atoms with Crippen LogP contribution < -0.4 is 4.74 Å². The van der Waals surface area contributed by atoms with Crippen molar-refractivity contribution in [2.75, 3.05) is 7.11 Å². The molecule has 2 aromatic heterocycles. The summed E-state index contributed by atoms with van der Waals surface area (Å²) >= 11 is 0.